The average molecular weight is 298 g/mol. The van der Waals surface area contributed by atoms with Crippen LogP contribution in [-0.2, 0) is 14.8 Å². The van der Waals surface area contributed by atoms with E-state index in [0.717, 1.165) is 12.1 Å². The molecule has 1 heterocycles. The van der Waals surface area contributed by atoms with E-state index >= 15 is 0 Å². The molecule has 1 aliphatic rings. The van der Waals surface area contributed by atoms with E-state index < -0.39 is 21.5 Å². The number of sulfonamides is 1. The van der Waals surface area contributed by atoms with Crippen molar-refractivity contribution in [1.29, 1.82) is 0 Å². The van der Waals surface area contributed by atoms with Crippen molar-refractivity contribution >= 4 is 21.7 Å². The van der Waals surface area contributed by atoms with Crippen LogP contribution in [0.4, 0.5) is 5.69 Å². The summed E-state index contributed by atoms with van der Waals surface area (Å²) in [5.74, 6) is -0.859. The highest BCUT2D eigenvalue weighted by molar-refractivity contribution is 7.89. The van der Waals surface area contributed by atoms with E-state index in [4.69, 9.17) is 0 Å². The van der Waals surface area contributed by atoms with Crippen LogP contribution < -0.4 is 9.62 Å². The first-order chi connectivity index (χ1) is 9.31. The van der Waals surface area contributed by atoms with Crippen molar-refractivity contribution in [2.24, 2.45) is 0 Å². The van der Waals surface area contributed by atoms with Crippen LogP contribution in [0.3, 0.4) is 0 Å². The minimum absolute atomic E-state index is 0.167. The van der Waals surface area contributed by atoms with Crippen molar-refractivity contribution < 1.29 is 18.3 Å². The molecule has 0 spiro atoms. The number of hydrogen-bond acceptors (Lipinski definition) is 4. The van der Waals surface area contributed by atoms with Gasteiger partial charge in [0.2, 0.25) is 10.0 Å². The van der Waals surface area contributed by atoms with Crippen molar-refractivity contribution in [2.45, 2.75) is 30.2 Å². The smallest absolute Gasteiger partial charge is 0.329 e. The highest BCUT2D eigenvalue weighted by Gasteiger charge is 2.43. The second kappa shape index (κ2) is 5.06. The van der Waals surface area contributed by atoms with Crippen LogP contribution >= 0.6 is 0 Å². The number of rotatable bonds is 4. The van der Waals surface area contributed by atoms with Gasteiger partial charge in [-0.3, -0.25) is 0 Å². The molecule has 110 valence electrons. The lowest BCUT2D eigenvalue weighted by Gasteiger charge is -2.33. The molecule has 0 saturated carbocycles. The molecule has 0 bridgehead atoms. The summed E-state index contributed by atoms with van der Waals surface area (Å²) < 4.78 is 25.5. The van der Waals surface area contributed by atoms with Gasteiger partial charge in [-0.15, -0.1) is 0 Å². The highest BCUT2D eigenvalue weighted by Crippen LogP contribution is 2.34. The van der Waals surface area contributed by atoms with Crippen molar-refractivity contribution in [1.82, 2.24) is 4.72 Å². The van der Waals surface area contributed by atoms with Crippen LogP contribution in [0, 0.1) is 0 Å². The zero-order valence-electron chi connectivity index (χ0n) is 11.5. The predicted octanol–water partition coefficient (Wildman–Crippen LogP) is 1.04. The van der Waals surface area contributed by atoms with E-state index in [1.165, 1.54) is 19.2 Å². The van der Waals surface area contributed by atoms with Gasteiger partial charge in [0.1, 0.15) is 5.54 Å². The number of carboxylic acid groups (broad SMARTS) is 1. The molecule has 20 heavy (non-hydrogen) atoms. The predicted molar refractivity (Wildman–Crippen MR) is 75.3 cm³/mol. The summed E-state index contributed by atoms with van der Waals surface area (Å²) in [6, 6.07) is 6.27. The number of benzene rings is 1. The van der Waals surface area contributed by atoms with E-state index in [9.17, 15) is 18.3 Å². The molecule has 1 aromatic rings. The van der Waals surface area contributed by atoms with Gasteiger partial charge in [-0.25, -0.2) is 17.9 Å². The topological polar surface area (TPSA) is 86.7 Å². The van der Waals surface area contributed by atoms with Crippen molar-refractivity contribution in [2.75, 3.05) is 18.5 Å². The maximum atomic E-state index is 11.7. The maximum absolute atomic E-state index is 11.7. The Morgan fingerprint density at radius 1 is 1.35 bits per heavy atom. The third-order valence-electron chi connectivity index (χ3n) is 3.83. The van der Waals surface area contributed by atoms with Crippen LogP contribution in [0.25, 0.3) is 0 Å². The van der Waals surface area contributed by atoms with Crippen molar-refractivity contribution in [3.63, 3.8) is 0 Å². The lowest BCUT2D eigenvalue weighted by molar-refractivity contribution is -0.142. The van der Waals surface area contributed by atoms with Crippen molar-refractivity contribution in [3.8, 4) is 0 Å². The molecule has 1 fully saturated rings. The van der Waals surface area contributed by atoms with E-state index in [1.54, 1.807) is 19.1 Å². The Morgan fingerprint density at radius 2 is 1.95 bits per heavy atom. The fourth-order valence-electron chi connectivity index (χ4n) is 2.52. The number of nitrogens with zero attached hydrogens (tertiary/aromatic N) is 1. The van der Waals surface area contributed by atoms with Gasteiger partial charge in [0, 0.05) is 12.2 Å². The molecule has 0 aromatic heterocycles. The monoisotopic (exact) mass is 298 g/mol. The van der Waals surface area contributed by atoms with Crippen LogP contribution in [0.5, 0.6) is 0 Å². The normalized spacial score (nSPS) is 23.0. The molecule has 0 aliphatic carbocycles. The minimum atomic E-state index is -3.47. The van der Waals surface area contributed by atoms with E-state index in [1.807, 2.05) is 4.90 Å². The molecule has 2 N–H and O–H groups in total. The molecule has 2 rings (SSSR count). The molecule has 0 amide bonds. The van der Waals surface area contributed by atoms with Crippen LogP contribution in [0.2, 0.25) is 0 Å². The number of aliphatic carboxylic acids is 1. The fraction of sp³-hybridized carbons (Fsp3) is 0.462. The maximum Gasteiger partial charge on any atom is 0.329 e. The summed E-state index contributed by atoms with van der Waals surface area (Å²) in [5.41, 5.74) is -0.203. The zero-order chi connectivity index (χ0) is 15.0. The summed E-state index contributed by atoms with van der Waals surface area (Å²) in [6.07, 6.45) is 1.39. The first-order valence-electron chi connectivity index (χ1n) is 6.36. The van der Waals surface area contributed by atoms with Gasteiger partial charge in [-0.1, -0.05) is 0 Å². The Bertz CT molecular complexity index is 612. The SMILES string of the molecule is CNS(=O)(=O)c1ccc(N2CCCC2(C)C(=O)O)cc1. The van der Waals surface area contributed by atoms with Gasteiger partial charge in [-0.2, -0.15) is 0 Å². The second-order valence-corrected chi connectivity index (χ2v) is 6.92. The third kappa shape index (κ3) is 2.38. The average Bonchev–Trinajstić information content (AvgIpc) is 2.82. The first-order valence-corrected chi connectivity index (χ1v) is 7.84. The largest absolute Gasteiger partial charge is 0.480 e. The Labute approximate surface area is 118 Å². The van der Waals surface area contributed by atoms with E-state index in [2.05, 4.69) is 4.72 Å². The number of nitrogens with one attached hydrogen (secondary N) is 1. The summed E-state index contributed by atoms with van der Waals surface area (Å²) in [6.45, 7) is 2.35. The van der Waals surface area contributed by atoms with Crippen LogP contribution in [-0.4, -0.2) is 38.6 Å². The number of carboxylic acids is 1. The summed E-state index contributed by atoms with van der Waals surface area (Å²) in [4.78, 5) is 13.4. The molecular formula is C13H18N2O4S. The zero-order valence-corrected chi connectivity index (χ0v) is 12.3. The molecule has 1 aromatic carbocycles. The molecule has 1 atom stereocenters. The van der Waals surface area contributed by atoms with Gasteiger partial charge >= 0.3 is 5.97 Å². The number of carbonyl (C=O) groups is 1. The van der Waals surface area contributed by atoms with Crippen molar-refractivity contribution in [3.05, 3.63) is 24.3 Å². The third-order valence-corrected chi connectivity index (χ3v) is 5.26. The van der Waals surface area contributed by atoms with Gasteiger partial charge in [0.05, 0.1) is 4.90 Å². The minimum Gasteiger partial charge on any atom is -0.480 e. The summed E-state index contributed by atoms with van der Waals surface area (Å²) >= 11 is 0. The summed E-state index contributed by atoms with van der Waals surface area (Å²) in [5, 5.41) is 9.38. The van der Waals surface area contributed by atoms with E-state index in [0.29, 0.717) is 13.0 Å². The van der Waals surface area contributed by atoms with Gasteiger partial charge in [-0.05, 0) is 51.1 Å². The number of anilines is 1. The molecule has 6 nitrogen and oxygen atoms in total. The standard InChI is InChI=1S/C13H18N2O4S/c1-13(12(16)17)8-3-9-15(13)10-4-6-11(7-5-10)20(18,19)14-2/h4-7,14H,3,8-9H2,1-2H3,(H,16,17). The molecule has 0 radical (unpaired) electrons. The Kier molecular flexibility index (Phi) is 3.75. The fourth-order valence-corrected chi connectivity index (χ4v) is 3.25. The molecule has 1 unspecified atom stereocenters. The molecule has 7 heteroatoms. The Morgan fingerprint density at radius 3 is 2.45 bits per heavy atom. The molecular weight excluding hydrogens is 280 g/mol. The Hall–Kier alpha value is -1.60. The lowest BCUT2D eigenvalue weighted by atomic mass is 9.99. The quantitative estimate of drug-likeness (QED) is 0.867. The summed E-state index contributed by atoms with van der Waals surface area (Å²) in [7, 11) is -2.12. The molecule has 1 aliphatic heterocycles. The van der Waals surface area contributed by atoms with Crippen LogP contribution in [0.15, 0.2) is 29.2 Å². The van der Waals surface area contributed by atoms with Gasteiger partial charge in [0.25, 0.3) is 0 Å². The Balaban J connectivity index is 2.34. The second-order valence-electron chi connectivity index (χ2n) is 5.04. The van der Waals surface area contributed by atoms with Gasteiger partial charge < -0.3 is 10.0 Å². The first kappa shape index (κ1) is 14.8. The number of hydrogen-bond donors (Lipinski definition) is 2. The molecule has 1 saturated heterocycles. The van der Waals surface area contributed by atoms with Gasteiger partial charge in [0.15, 0.2) is 0 Å². The lowest BCUT2D eigenvalue weighted by Crippen LogP contribution is -2.48. The van der Waals surface area contributed by atoms with E-state index in [-0.39, 0.29) is 4.90 Å². The highest BCUT2D eigenvalue weighted by atomic mass is 32.2. The van der Waals surface area contributed by atoms with Crippen LogP contribution in [0.1, 0.15) is 19.8 Å².